The minimum atomic E-state index is -0.856. The molecule has 0 spiro atoms. The van der Waals surface area contributed by atoms with Crippen molar-refractivity contribution in [1.29, 1.82) is 0 Å². The highest BCUT2D eigenvalue weighted by atomic mass is 16.2. The van der Waals surface area contributed by atoms with Gasteiger partial charge in [-0.3, -0.25) is 9.59 Å². The Morgan fingerprint density at radius 2 is 2.07 bits per heavy atom. The van der Waals surface area contributed by atoms with E-state index in [-0.39, 0.29) is 12.5 Å². The lowest BCUT2D eigenvalue weighted by molar-refractivity contribution is -0.134. The Hall–Kier alpha value is -1.59. The molecular weight excluding hydrogens is 186 g/mol. The van der Waals surface area contributed by atoms with Gasteiger partial charge in [-0.05, 0) is 5.92 Å². The lowest BCUT2D eigenvalue weighted by atomic mass is 10.0. The molecule has 1 aliphatic heterocycles. The molecule has 1 fully saturated rings. The number of carbonyl (C=O) groups is 3. The highest BCUT2D eigenvalue weighted by Crippen LogP contribution is 2.13. The molecule has 3 N–H and O–H groups in total. The van der Waals surface area contributed by atoms with Crippen LogP contribution in [0.15, 0.2) is 0 Å². The Morgan fingerprint density at radius 1 is 1.50 bits per heavy atom. The summed E-state index contributed by atoms with van der Waals surface area (Å²) in [5.74, 6) is -1.25. The van der Waals surface area contributed by atoms with Gasteiger partial charge in [-0.1, -0.05) is 13.8 Å². The van der Waals surface area contributed by atoms with E-state index >= 15 is 0 Å². The van der Waals surface area contributed by atoms with E-state index in [0.29, 0.717) is 0 Å². The molecule has 6 heteroatoms. The summed E-state index contributed by atoms with van der Waals surface area (Å²) in [5.41, 5.74) is 5.13. The molecule has 0 radical (unpaired) electrons. The highest BCUT2D eigenvalue weighted by Gasteiger charge is 2.39. The first kappa shape index (κ1) is 10.5. The van der Waals surface area contributed by atoms with Crippen molar-refractivity contribution >= 4 is 17.8 Å². The first-order valence-corrected chi connectivity index (χ1v) is 4.34. The van der Waals surface area contributed by atoms with Gasteiger partial charge < -0.3 is 11.1 Å². The molecule has 6 nitrogen and oxygen atoms in total. The van der Waals surface area contributed by atoms with Gasteiger partial charge in [-0.2, -0.15) is 0 Å². The fourth-order valence-corrected chi connectivity index (χ4v) is 1.47. The second-order valence-electron chi connectivity index (χ2n) is 3.51. The van der Waals surface area contributed by atoms with Crippen LogP contribution in [-0.2, 0) is 9.59 Å². The maximum absolute atomic E-state index is 11.3. The molecule has 1 saturated heterocycles. The van der Waals surface area contributed by atoms with E-state index in [1.165, 1.54) is 0 Å². The lowest BCUT2D eigenvalue weighted by Gasteiger charge is -2.25. The van der Waals surface area contributed by atoms with E-state index < -0.39 is 23.9 Å². The normalized spacial score (nSPS) is 18.6. The molecule has 0 saturated carbocycles. The van der Waals surface area contributed by atoms with Crippen LogP contribution >= 0.6 is 0 Å². The van der Waals surface area contributed by atoms with Crippen LogP contribution in [0.5, 0.6) is 0 Å². The number of nitrogens with one attached hydrogen (secondary N) is 1. The summed E-state index contributed by atoms with van der Waals surface area (Å²) in [6.45, 7) is 3.40. The predicted molar refractivity (Wildman–Crippen MR) is 48.1 cm³/mol. The van der Waals surface area contributed by atoms with Crippen LogP contribution in [0.25, 0.3) is 0 Å². The van der Waals surface area contributed by atoms with Gasteiger partial charge in [0.25, 0.3) is 5.91 Å². The lowest BCUT2D eigenvalue weighted by Crippen LogP contribution is -2.51. The van der Waals surface area contributed by atoms with Gasteiger partial charge in [0.2, 0.25) is 5.91 Å². The van der Waals surface area contributed by atoms with E-state index in [1.54, 1.807) is 13.8 Å². The minimum Gasteiger partial charge on any atom is -0.368 e. The number of imide groups is 1. The SMILES string of the molecule is CC(C)C(C(N)=O)N1C(=O)CNC1=O. The largest absolute Gasteiger partial charge is 0.368 e. The Kier molecular flexibility index (Phi) is 2.73. The van der Waals surface area contributed by atoms with E-state index in [9.17, 15) is 14.4 Å². The number of urea groups is 1. The van der Waals surface area contributed by atoms with E-state index in [2.05, 4.69) is 5.32 Å². The Morgan fingerprint density at radius 3 is 2.36 bits per heavy atom. The molecule has 1 aliphatic rings. The summed E-state index contributed by atoms with van der Waals surface area (Å²) in [4.78, 5) is 34.5. The Balaban J connectivity index is 2.92. The zero-order chi connectivity index (χ0) is 10.9. The monoisotopic (exact) mass is 199 g/mol. The van der Waals surface area contributed by atoms with Gasteiger partial charge in [0.1, 0.15) is 6.04 Å². The molecule has 1 rings (SSSR count). The molecule has 0 bridgehead atoms. The van der Waals surface area contributed by atoms with Crippen molar-refractivity contribution in [1.82, 2.24) is 10.2 Å². The van der Waals surface area contributed by atoms with E-state index in [1.807, 2.05) is 0 Å². The molecule has 14 heavy (non-hydrogen) atoms. The zero-order valence-electron chi connectivity index (χ0n) is 8.11. The number of primary amides is 1. The summed E-state index contributed by atoms with van der Waals surface area (Å²) in [5, 5.41) is 2.34. The van der Waals surface area contributed by atoms with Crippen LogP contribution < -0.4 is 11.1 Å². The maximum atomic E-state index is 11.3. The van der Waals surface area contributed by atoms with Crippen LogP contribution in [0, 0.1) is 5.92 Å². The standard InChI is InChI=1S/C8H13N3O3/c1-4(2)6(7(9)13)11-5(12)3-10-8(11)14/h4,6H,3H2,1-2H3,(H2,9,13)(H,10,14). The fourth-order valence-electron chi connectivity index (χ4n) is 1.47. The van der Waals surface area contributed by atoms with Crippen molar-refractivity contribution in [2.24, 2.45) is 11.7 Å². The topological polar surface area (TPSA) is 92.5 Å². The van der Waals surface area contributed by atoms with Crippen molar-refractivity contribution in [3.63, 3.8) is 0 Å². The molecular formula is C8H13N3O3. The third-order valence-electron chi connectivity index (χ3n) is 2.08. The molecule has 0 aromatic carbocycles. The number of hydrogen-bond acceptors (Lipinski definition) is 3. The fraction of sp³-hybridized carbons (Fsp3) is 0.625. The third-order valence-corrected chi connectivity index (χ3v) is 2.08. The third kappa shape index (κ3) is 1.68. The van der Waals surface area contributed by atoms with Crippen molar-refractivity contribution in [3.8, 4) is 0 Å². The zero-order valence-corrected chi connectivity index (χ0v) is 8.11. The molecule has 1 unspecified atom stereocenters. The molecule has 1 atom stereocenters. The first-order chi connectivity index (χ1) is 6.45. The summed E-state index contributed by atoms with van der Waals surface area (Å²) in [6, 6.07) is -1.41. The summed E-state index contributed by atoms with van der Waals surface area (Å²) >= 11 is 0. The predicted octanol–water partition coefficient (Wildman–Crippen LogP) is -0.952. The quantitative estimate of drug-likeness (QED) is 0.574. The highest BCUT2D eigenvalue weighted by molar-refractivity contribution is 6.05. The van der Waals surface area contributed by atoms with Gasteiger partial charge in [-0.15, -0.1) is 0 Å². The Labute approximate surface area is 81.4 Å². The van der Waals surface area contributed by atoms with Gasteiger partial charge in [0, 0.05) is 0 Å². The van der Waals surface area contributed by atoms with Crippen LogP contribution in [0.3, 0.4) is 0 Å². The number of carbonyl (C=O) groups excluding carboxylic acids is 3. The second kappa shape index (κ2) is 3.65. The molecule has 0 aromatic rings. The summed E-state index contributed by atoms with van der Waals surface area (Å²) in [6.07, 6.45) is 0. The maximum Gasteiger partial charge on any atom is 0.325 e. The molecule has 0 aliphatic carbocycles. The number of amides is 4. The van der Waals surface area contributed by atoms with Gasteiger partial charge in [0.15, 0.2) is 0 Å². The minimum absolute atomic E-state index is 0.0602. The van der Waals surface area contributed by atoms with Crippen molar-refractivity contribution in [2.75, 3.05) is 6.54 Å². The first-order valence-electron chi connectivity index (χ1n) is 4.34. The van der Waals surface area contributed by atoms with Gasteiger partial charge in [-0.25, -0.2) is 9.69 Å². The van der Waals surface area contributed by atoms with Crippen LogP contribution in [0.1, 0.15) is 13.8 Å². The molecule has 78 valence electrons. The Bertz CT molecular complexity index is 272. The number of nitrogens with two attached hydrogens (primary N) is 1. The van der Waals surface area contributed by atoms with Crippen LogP contribution in [0.4, 0.5) is 4.79 Å². The van der Waals surface area contributed by atoms with Crippen molar-refractivity contribution < 1.29 is 14.4 Å². The summed E-state index contributed by atoms with van der Waals surface area (Å²) < 4.78 is 0. The van der Waals surface area contributed by atoms with Gasteiger partial charge >= 0.3 is 6.03 Å². The van der Waals surface area contributed by atoms with Gasteiger partial charge in [0.05, 0.1) is 6.54 Å². The van der Waals surface area contributed by atoms with E-state index in [4.69, 9.17) is 5.73 Å². The van der Waals surface area contributed by atoms with Crippen LogP contribution in [0.2, 0.25) is 0 Å². The van der Waals surface area contributed by atoms with E-state index in [0.717, 1.165) is 4.90 Å². The average molecular weight is 199 g/mol. The summed E-state index contributed by atoms with van der Waals surface area (Å²) in [7, 11) is 0. The van der Waals surface area contributed by atoms with Crippen molar-refractivity contribution in [2.45, 2.75) is 19.9 Å². The molecule has 0 aromatic heterocycles. The number of nitrogens with zero attached hydrogens (tertiary/aromatic N) is 1. The average Bonchev–Trinajstić information content (AvgIpc) is 2.34. The van der Waals surface area contributed by atoms with Crippen LogP contribution in [-0.4, -0.2) is 35.3 Å². The molecule has 1 heterocycles. The smallest absolute Gasteiger partial charge is 0.325 e. The molecule has 4 amide bonds. The number of rotatable bonds is 3. The second-order valence-corrected chi connectivity index (χ2v) is 3.51. The number of hydrogen-bond donors (Lipinski definition) is 2. The van der Waals surface area contributed by atoms with Crippen molar-refractivity contribution in [3.05, 3.63) is 0 Å².